The van der Waals surface area contributed by atoms with Crippen LogP contribution < -0.4 is 16.0 Å². The van der Waals surface area contributed by atoms with E-state index in [-0.39, 0.29) is 11.9 Å². The predicted molar refractivity (Wildman–Crippen MR) is 77.4 cm³/mol. The first-order valence-corrected chi connectivity index (χ1v) is 7.59. The van der Waals surface area contributed by atoms with E-state index >= 15 is 0 Å². The van der Waals surface area contributed by atoms with Crippen LogP contribution in [-0.2, 0) is 4.79 Å². The fourth-order valence-corrected chi connectivity index (χ4v) is 3.58. The molecular formula is C14H26N4O2. The molecule has 2 bridgehead atoms. The van der Waals surface area contributed by atoms with E-state index in [1.54, 1.807) is 0 Å². The van der Waals surface area contributed by atoms with Gasteiger partial charge in [-0.15, -0.1) is 0 Å². The normalized spacial score (nSPS) is 30.1. The Balaban J connectivity index is 1.96. The first kappa shape index (κ1) is 15.3. The zero-order chi connectivity index (χ0) is 14.7. The zero-order valence-corrected chi connectivity index (χ0v) is 12.6. The van der Waals surface area contributed by atoms with Gasteiger partial charge in [-0.05, 0) is 39.2 Å². The second-order valence-electron chi connectivity index (χ2n) is 5.84. The van der Waals surface area contributed by atoms with Gasteiger partial charge >= 0.3 is 6.03 Å². The highest BCUT2D eigenvalue weighted by molar-refractivity contribution is 5.96. The third kappa shape index (κ3) is 3.30. The van der Waals surface area contributed by atoms with Crippen molar-refractivity contribution >= 4 is 11.9 Å². The molecular weight excluding hydrogens is 256 g/mol. The van der Waals surface area contributed by atoms with E-state index in [0.29, 0.717) is 18.1 Å². The summed E-state index contributed by atoms with van der Waals surface area (Å²) in [5.41, 5.74) is 0. The Morgan fingerprint density at radius 2 is 1.90 bits per heavy atom. The summed E-state index contributed by atoms with van der Waals surface area (Å²) in [6.45, 7) is 4.78. The van der Waals surface area contributed by atoms with Gasteiger partial charge in [-0.3, -0.25) is 15.0 Å². The average molecular weight is 282 g/mol. The fourth-order valence-electron chi connectivity index (χ4n) is 3.58. The molecule has 2 rings (SSSR count). The van der Waals surface area contributed by atoms with E-state index in [2.05, 4.69) is 27.8 Å². The molecule has 6 nitrogen and oxygen atoms in total. The van der Waals surface area contributed by atoms with Gasteiger partial charge in [0.1, 0.15) is 0 Å². The highest BCUT2D eigenvalue weighted by Gasteiger charge is 2.38. The summed E-state index contributed by atoms with van der Waals surface area (Å²) in [6, 6.07) is 0.913. The van der Waals surface area contributed by atoms with Crippen molar-refractivity contribution in [2.45, 2.75) is 63.7 Å². The lowest BCUT2D eigenvalue weighted by molar-refractivity contribution is -0.126. The van der Waals surface area contributed by atoms with Gasteiger partial charge in [0.25, 0.3) is 0 Å². The first-order valence-electron chi connectivity index (χ1n) is 7.59. The van der Waals surface area contributed by atoms with Crippen molar-refractivity contribution in [2.75, 3.05) is 13.6 Å². The van der Waals surface area contributed by atoms with Crippen molar-refractivity contribution in [3.63, 3.8) is 0 Å². The number of urea groups is 1. The second kappa shape index (κ2) is 6.54. The Bertz CT molecular complexity index is 362. The van der Waals surface area contributed by atoms with Gasteiger partial charge in [0.2, 0.25) is 5.91 Å². The molecule has 114 valence electrons. The quantitative estimate of drug-likeness (QED) is 0.699. The maximum Gasteiger partial charge on any atom is 0.321 e. The SMILES string of the molecule is CCN(C1CC2CCC(C1)N2)C(C)C(=O)NC(=O)NC. The van der Waals surface area contributed by atoms with E-state index in [1.165, 1.54) is 19.9 Å². The van der Waals surface area contributed by atoms with Crippen molar-refractivity contribution in [1.29, 1.82) is 0 Å². The molecule has 0 aliphatic carbocycles. The van der Waals surface area contributed by atoms with Crippen LogP contribution in [0.15, 0.2) is 0 Å². The topological polar surface area (TPSA) is 73.5 Å². The lowest BCUT2D eigenvalue weighted by Crippen LogP contribution is -2.55. The largest absolute Gasteiger partial charge is 0.341 e. The fraction of sp³-hybridized carbons (Fsp3) is 0.857. The number of piperidine rings is 1. The Hall–Kier alpha value is -1.14. The Kier molecular flexibility index (Phi) is 4.99. The van der Waals surface area contributed by atoms with Crippen LogP contribution in [0, 0.1) is 0 Å². The number of carbonyl (C=O) groups is 2. The second-order valence-corrected chi connectivity index (χ2v) is 5.84. The molecule has 3 N–H and O–H groups in total. The molecule has 0 aromatic rings. The van der Waals surface area contributed by atoms with Gasteiger partial charge in [0, 0.05) is 25.2 Å². The van der Waals surface area contributed by atoms with Crippen LogP contribution >= 0.6 is 0 Å². The summed E-state index contributed by atoms with van der Waals surface area (Å²) in [4.78, 5) is 25.6. The minimum atomic E-state index is -0.441. The number of carbonyl (C=O) groups excluding carboxylic acids is 2. The number of hydrogen-bond donors (Lipinski definition) is 3. The van der Waals surface area contributed by atoms with Gasteiger partial charge in [0.15, 0.2) is 0 Å². The molecule has 2 saturated heterocycles. The summed E-state index contributed by atoms with van der Waals surface area (Å²) in [6.07, 6.45) is 4.69. The summed E-state index contributed by atoms with van der Waals surface area (Å²) >= 11 is 0. The van der Waals surface area contributed by atoms with Crippen LogP contribution in [0.4, 0.5) is 4.79 Å². The summed E-state index contributed by atoms with van der Waals surface area (Å²) in [5, 5.41) is 8.40. The van der Waals surface area contributed by atoms with Crippen molar-refractivity contribution < 1.29 is 9.59 Å². The van der Waals surface area contributed by atoms with E-state index in [9.17, 15) is 9.59 Å². The van der Waals surface area contributed by atoms with E-state index in [0.717, 1.165) is 19.4 Å². The first-order chi connectivity index (χ1) is 9.55. The molecule has 0 radical (unpaired) electrons. The standard InChI is InChI=1S/C14H26N4O2/c1-4-18(9(2)13(19)17-14(20)15-3)12-7-10-5-6-11(8-12)16-10/h9-12,16H,4-8H2,1-3H3,(H2,15,17,19,20). The van der Waals surface area contributed by atoms with Crippen LogP contribution in [0.1, 0.15) is 39.5 Å². The van der Waals surface area contributed by atoms with Crippen molar-refractivity contribution in [3.05, 3.63) is 0 Å². The molecule has 3 unspecified atom stereocenters. The summed E-state index contributed by atoms with van der Waals surface area (Å²) in [5.74, 6) is -0.225. The smallest absolute Gasteiger partial charge is 0.321 e. The maximum atomic E-state index is 12.1. The molecule has 0 spiro atoms. The molecule has 6 heteroatoms. The lowest BCUT2D eigenvalue weighted by Gasteiger charge is -2.39. The van der Waals surface area contributed by atoms with Gasteiger partial charge in [-0.1, -0.05) is 6.92 Å². The molecule has 3 atom stereocenters. The van der Waals surface area contributed by atoms with Gasteiger partial charge in [0.05, 0.1) is 6.04 Å². The van der Waals surface area contributed by atoms with E-state index in [4.69, 9.17) is 0 Å². The Morgan fingerprint density at radius 3 is 2.40 bits per heavy atom. The molecule has 2 aliphatic heterocycles. The third-order valence-electron chi connectivity index (χ3n) is 4.62. The Morgan fingerprint density at radius 1 is 1.30 bits per heavy atom. The van der Waals surface area contributed by atoms with E-state index in [1.807, 2.05) is 6.92 Å². The highest BCUT2D eigenvalue weighted by Crippen LogP contribution is 2.30. The molecule has 2 aliphatic rings. The van der Waals surface area contributed by atoms with Gasteiger partial charge < -0.3 is 10.6 Å². The number of imide groups is 1. The maximum absolute atomic E-state index is 12.1. The van der Waals surface area contributed by atoms with E-state index < -0.39 is 6.03 Å². The average Bonchev–Trinajstić information content (AvgIpc) is 2.78. The number of fused-ring (bicyclic) bond motifs is 2. The molecule has 0 aromatic heterocycles. The minimum absolute atomic E-state index is 0.225. The number of hydrogen-bond acceptors (Lipinski definition) is 4. The number of nitrogens with one attached hydrogen (secondary N) is 3. The van der Waals surface area contributed by atoms with Crippen LogP contribution in [-0.4, -0.2) is 54.6 Å². The summed E-state index contributed by atoms with van der Waals surface area (Å²) < 4.78 is 0. The third-order valence-corrected chi connectivity index (χ3v) is 4.62. The highest BCUT2D eigenvalue weighted by atomic mass is 16.2. The van der Waals surface area contributed by atoms with Gasteiger partial charge in [-0.25, -0.2) is 4.79 Å². The van der Waals surface area contributed by atoms with Crippen LogP contribution in [0.5, 0.6) is 0 Å². The molecule has 20 heavy (non-hydrogen) atoms. The van der Waals surface area contributed by atoms with Crippen molar-refractivity contribution in [2.24, 2.45) is 0 Å². The number of likely N-dealkylation sites (N-methyl/N-ethyl adjacent to an activating group) is 1. The number of amides is 3. The predicted octanol–water partition coefficient (Wildman–Crippen LogP) is 0.435. The molecule has 3 amide bonds. The van der Waals surface area contributed by atoms with Crippen LogP contribution in [0.3, 0.4) is 0 Å². The molecule has 2 fully saturated rings. The Labute approximate surface area is 120 Å². The zero-order valence-electron chi connectivity index (χ0n) is 12.6. The van der Waals surface area contributed by atoms with Crippen LogP contribution in [0.25, 0.3) is 0 Å². The number of nitrogens with zero attached hydrogens (tertiary/aromatic N) is 1. The van der Waals surface area contributed by atoms with Crippen molar-refractivity contribution in [3.8, 4) is 0 Å². The van der Waals surface area contributed by atoms with Crippen molar-refractivity contribution in [1.82, 2.24) is 20.9 Å². The molecule has 2 heterocycles. The minimum Gasteiger partial charge on any atom is -0.341 e. The van der Waals surface area contributed by atoms with Crippen LogP contribution in [0.2, 0.25) is 0 Å². The summed E-state index contributed by atoms with van der Waals surface area (Å²) in [7, 11) is 1.51. The molecule has 0 aromatic carbocycles. The molecule has 0 saturated carbocycles. The number of rotatable bonds is 4. The van der Waals surface area contributed by atoms with Gasteiger partial charge in [-0.2, -0.15) is 0 Å². The monoisotopic (exact) mass is 282 g/mol. The lowest BCUT2D eigenvalue weighted by atomic mass is 9.96.